The Morgan fingerprint density at radius 1 is 0.932 bits per heavy atom. The van der Waals surface area contributed by atoms with E-state index in [0.717, 1.165) is 37.1 Å². The molecule has 1 aliphatic heterocycles. The normalized spacial score (nSPS) is 16.0. The van der Waals surface area contributed by atoms with Crippen LogP contribution in [0.3, 0.4) is 0 Å². The molecule has 0 spiro atoms. The summed E-state index contributed by atoms with van der Waals surface area (Å²) in [5.74, 6) is 0.142. The van der Waals surface area contributed by atoms with Crippen molar-refractivity contribution in [1.29, 1.82) is 0 Å². The molecule has 234 valence electrons. The molecular weight excluding hydrogens is 556 g/mol. The van der Waals surface area contributed by atoms with E-state index < -0.39 is 17.7 Å². The zero-order valence-corrected chi connectivity index (χ0v) is 26.5. The molecule has 3 aromatic carbocycles. The number of Topliss-reactive ketones (excluding diaryl/α,β-unsaturated/α-hetero) is 1. The van der Waals surface area contributed by atoms with Crippen LogP contribution in [0.4, 0.5) is 0 Å². The highest BCUT2D eigenvalue weighted by molar-refractivity contribution is 6.46. The van der Waals surface area contributed by atoms with Crippen LogP contribution in [0.15, 0.2) is 72.3 Å². The highest BCUT2D eigenvalue weighted by Crippen LogP contribution is 2.42. The smallest absolute Gasteiger partial charge is 0.295 e. The van der Waals surface area contributed by atoms with Crippen LogP contribution < -0.4 is 14.2 Å². The van der Waals surface area contributed by atoms with Crippen molar-refractivity contribution in [3.05, 3.63) is 94.6 Å². The number of aliphatic hydroxyl groups excluding tert-OH is 1. The summed E-state index contributed by atoms with van der Waals surface area (Å²) in [7, 11) is 1.56. The van der Waals surface area contributed by atoms with Crippen LogP contribution >= 0.6 is 0 Å². The molecule has 1 saturated heterocycles. The Kier molecular flexibility index (Phi) is 11.4. The van der Waals surface area contributed by atoms with E-state index in [9.17, 15) is 14.7 Å². The first kappa shape index (κ1) is 32.6. The van der Waals surface area contributed by atoms with Crippen LogP contribution in [0.2, 0.25) is 0 Å². The Bertz CT molecular complexity index is 1460. The van der Waals surface area contributed by atoms with E-state index in [0.29, 0.717) is 54.7 Å². The lowest BCUT2D eigenvalue weighted by Crippen LogP contribution is -2.38. The molecule has 0 radical (unpaired) electrons. The van der Waals surface area contributed by atoms with Crippen molar-refractivity contribution in [3.8, 4) is 17.2 Å². The third-order valence-electron chi connectivity index (χ3n) is 8.13. The number of nitrogens with zero attached hydrogens (tertiary/aromatic N) is 2. The van der Waals surface area contributed by atoms with Crippen molar-refractivity contribution in [2.75, 3.05) is 39.9 Å². The van der Waals surface area contributed by atoms with Crippen LogP contribution in [-0.2, 0) is 16.2 Å². The molecule has 0 aliphatic carbocycles. The number of ether oxygens (including phenoxy) is 3. The average Bonchev–Trinajstić information content (AvgIpc) is 3.30. The number of likely N-dealkylation sites (N-methyl/N-ethyl adjacent to an activating group) is 1. The molecule has 8 nitrogen and oxygen atoms in total. The molecule has 1 atom stereocenters. The Morgan fingerprint density at radius 3 is 2.32 bits per heavy atom. The van der Waals surface area contributed by atoms with Gasteiger partial charge < -0.3 is 29.1 Å². The Labute approximate surface area is 260 Å². The van der Waals surface area contributed by atoms with Crippen molar-refractivity contribution >= 4 is 17.4 Å². The van der Waals surface area contributed by atoms with Crippen molar-refractivity contribution in [3.63, 3.8) is 0 Å². The average molecular weight is 601 g/mol. The maximum Gasteiger partial charge on any atom is 0.295 e. The summed E-state index contributed by atoms with van der Waals surface area (Å²) in [5.41, 5.74) is 3.35. The second-order valence-corrected chi connectivity index (χ2v) is 10.9. The first-order chi connectivity index (χ1) is 21.3. The number of carbonyl (C=O) groups is 2. The number of aryl methyl sites for hydroxylation is 1. The molecule has 1 aliphatic rings. The SMILES string of the molecule is CCCCOc1ccc(C2/C(=C(\O)c3ccc(OCc4ccccc4C)cc3)C(=O)C(=O)N2CCN(CC)CC)cc1OC. The predicted octanol–water partition coefficient (Wildman–Crippen LogP) is 6.53. The number of hydrogen-bond acceptors (Lipinski definition) is 7. The number of hydrogen-bond donors (Lipinski definition) is 1. The van der Waals surface area contributed by atoms with E-state index in [1.54, 1.807) is 48.4 Å². The number of ketones is 1. The molecule has 1 heterocycles. The molecule has 44 heavy (non-hydrogen) atoms. The van der Waals surface area contributed by atoms with E-state index in [4.69, 9.17) is 14.2 Å². The third kappa shape index (κ3) is 7.42. The fourth-order valence-electron chi connectivity index (χ4n) is 5.34. The Morgan fingerprint density at radius 2 is 1.66 bits per heavy atom. The molecule has 0 bridgehead atoms. The predicted molar refractivity (Wildman–Crippen MR) is 172 cm³/mol. The molecule has 8 heteroatoms. The summed E-state index contributed by atoms with van der Waals surface area (Å²) >= 11 is 0. The quantitative estimate of drug-likeness (QED) is 0.0919. The highest BCUT2D eigenvalue weighted by Gasteiger charge is 2.46. The van der Waals surface area contributed by atoms with Gasteiger partial charge in [0.2, 0.25) is 0 Å². The highest BCUT2D eigenvalue weighted by atomic mass is 16.5. The number of benzene rings is 3. The molecule has 0 aromatic heterocycles. The molecule has 0 saturated carbocycles. The first-order valence-electron chi connectivity index (χ1n) is 15.4. The summed E-state index contributed by atoms with van der Waals surface area (Å²) in [6.07, 6.45) is 1.91. The van der Waals surface area contributed by atoms with Gasteiger partial charge in [-0.15, -0.1) is 0 Å². The molecular formula is C36H44N2O6. The van der Waals surface area contributed by atoms with E-state index in [-0.39, 0.29) is 11.3 Å². The summed E-state index contributed by atoms with van der Waals surface area (Å²) in [6.45, 7) is 11.8. The van der Waals surface area contributed by atoms with E-state index in [2.05, 4.69) is 25.7 Å². The number of amides is 1. The minimum atomic E-state index is -0.791. The monoisotopic (exact) mass is 600 g/mol. The second kappa shape index (κ2) is 15.4. The summed E-state index contributed by atoms with van der Waals surface area (Å²) in [5, 5.41) is 11.6. The van der Waals surface area contributed by atoms with Gasteiger partial charge in [-0.05, 0) is 79.5 Å². The van der Waals surface area contributed by atoms with Gasteiger partial charge in [0.25, 0.3) is 11.7 Å². The van der Waals surface area contributed by atoms with Crippen LogP contribution in [0, 0.1) is 6.92 Å². The van der Waals surface area contributed by atoms with Crippen LogP contribution in [0.25, 0.3) is 5.76 Å². The Hall–Kier alpha value is -4.30. The number of aliphatic hydroxyl groups is 1. The summed E-state index contributed by atoms with van der Waals surface area (Å²) in [4.78, 5) is 30.8. The molecule has 1 amide bonds. The number of unbranched alkanes of at least 4 members (excludes halogenated alkanes) is 1. The van der Waals surface area contributed by atoms with Crippen molar-refractivity contribution in [1.82, 2.24) is 9.80 Å². The molecule has 4 rings (SSSR count). The van der Waals surface area contributed by atoms with E-state index in [1.807, 2.05) is 37.3 Å². The summed E-state index contributed by atoms with van der Waals surface area (Å²) < 4.78 is 17.5. The van der Waals surface area contributed by atoms with Gasteiger partial charge in [-0.3, -0.25) is 9.59 Å². The molecule has 3 aromatic rings. The maximum absolute atomic E-state index is 13.5. The van der Waals surface area contributed by atoms with Crippen LogP contribution in [0.1, 0.15) is 61.9 Å². The third-order valence-corrected chi connectivity index (χ3v) is 8.13. The van der Waals surface area contributed by atoms with Crippen LogP contribution in [0.5, 0.6) is 17.2 Å². The first-order valence-corrected chi connectivity index (χ1v) is 15.4. The van der Waals surface area contributed by atoms with Crippen molar-refractivity contribution < 1.29 is 28.9 Å². The lowest BCUT2D eigenvalue weighted by atomic mass is 9.95. The van der Waals surface area contributed by atoms with E-state index >= 15 is 0 Å². The van der Waals surface area contributed by atoms with Crippen molar-refractivity contribution in [2.24, 2.45) is 0 Å². The lowest BCUT2D eigenvalue weighted by molar-refractivity contribution is -0.140. The van der Waals surface area contributed by atoms with Gasteiger partial charge in [-0.1, -0.05) is 57.5 Å². The standard InChI is InChI=1S/C36H44N2O6/c1-6-9-22-43-30-19-16-27(23-31(30)42-5)33-32(35(40)36(41)38(33)21-20-37(7-2)8-3)34(39)26-14-17-29(18-15-26)44-24-28-13-11-10-12-25(28)4/h10-19,23,33,39H,6-9,20-22,24H2,1-5H3/b34-32+. The minimum Gasteiger partial charge on any atom is -0.507 e. The summed E-state index contributed by atoms with van der Waals surface area (Å²) in [6, 6.07) is 19.6. The number of carbonyl (C=O) groups excluding carboxylic acids is 2. The van der Waals surface area contributed by atoms with Gasteiger partial charge in [0, 0.05) is 18.7 Å². The van der Waals surface area contributed by atoms with Gasteiger partial charge in [-0.25, -0.2) is 0 Å². The van der Waals surface area contributed by atoms with Crippen molar-refractivity contribution in [2.45, 2.75) is 53.2 Å². The zero-order chi connectivity index (χ0) is 31.6. The Balaban J connectivity index is 1.68. The topological polar surface area (TPSA) is 88.5 Å². The van der Waals surface area contributed by atoms with E-state index in [1.165, 1.54) is 0 Å². The largest absolute Gasteiger partial charge is 0.507 e. The maximum atomic E-state index is 13.5. The molecule has 1 N–H and O–H groups in total. The fourth-order valence-corrected chi connectivity index (χ4v) is 5.34. The van der Waals surface area contributed by atoms with Gasteiger partial charge in [0.15, 0.2) is 11.5 Å². The van der Waals surface area contributed by atoms with Gasteiger partial charge in [0.05, 0.1) is 25.3 Å². The zero-order valence-electron chi connectivity index (χ0n) is 26.5. The minimum absolute atomic E-state index is 0.0461. The number of methoxy groups -OCH3 is 1. The van der Waals surface area contributed by atoms with Gasteiger partial charge >= 0.3 is 0 Å². The van der Waals surface area contributed by atoms with Gasteiger partial charge in [0.1, 0.15) is 18.1 Å². The number of likely N-dealkylation sites (tertiary alicyclic amines) is 1. The fraction of sp³-hybridized carbons (Fsp3) is 0.389. The second-order valence-electron chi connectivity index (χ2n) is 10.9. The lowest BCUT2D eigenvalue weighted by Gasteiger charge is -2.28. The van der Waals surface area contributed by atoms with Gasteiger partial charge in [-0.2, -0.15) is 0 Å². The molecule has 1 fully saturated rings. The number of rotatable bonds is 15. The molecule has 1 unspecified atom stereocenters. The van der Waals surface area contributed by atoms with Crippen LogP contribution in [-0.4, -0.2) is 66.5 Å².